The van der Waals surface area contributed by atoms with E-state index >= 15 is 0 Å². The lowest BCUT2D eigenvalue weighted by atomic mass is 10.1. The van der Waals surface area contributed by atoms with Gasteiger partial charge >= 0.3 is 0 Å². The maximum Gasteiger partial charge on any atom is 0.250 e. The molecule has 0 saturated heterocycles. The highest BCUT2D eigenvalue weighted by Gasteiger charge is 2.13. The molecule has 0 aliphatic carbocycles. The molecule has 19 heavy (non-hydrogen) atoms. The van der Waals surface area contributed by atoms with Gasteiger partial charge in [0.25, 0.3) is 5.91 Å². The van der Waals surface area contributed by atoms with Crippen LogP contribution in [0.25, 0.3) is 0 Å². The van der Waals surface area contributed by atoms with Crippen LogP contribution in [0.3, 0.4) is 0 Å². The molecule has 1 aromatic rings. The number of amides is 1. The second kappa shape index (κ2) is 6.99. The normalized spacial score (nSPS) is 10.7. The Kier molecular flexibility index (Phi) is 5.63. The first kappa shape index (κ1) is 15.3. The summed E-state index contributed by atoms with van der Waals surface area (Å²) in [6, 6.07) is 5.22. The zero-order valence-electron chi connectivity index (χ0n) is 12.0. The lowest BCUT2D eigenvalue weighted by Gasteiger charge is -2.26. The summed E-state index contributed by atoms with van der Waals surface area (Å²) in [7, 11) is 4.09. The van der Waals surface area contributed by atoms with Gasteiger partial charge in [0.15, 0.2) is 0 Å². The summed E-state index contributed by atoms with van der Waals surface area (Å²) in [5.74, 6) is -0.416. The third-order valence-electron chi connectivity index (χ3n) is 3.04. The molecule has 0 unspecified atom stereocenters. The van der Waals surface area contributed by atoms with Crippen molar-refractivity contribution in [1.82, 2.24) is 4.90 Å². The molecule has 0 aliphatic heterocycles. The maximum atomic E-state index is 11.5. The van der Waals surface area contributed by atoms with Gasteiger partial charge in [-0.25, -0.2) is 0 Å². The fraction of sp³-hybridized carbons (Fsp3) is 0.500. The smallest absolute Gasteiger partial charge is 0.250 e. The number of carbonyl (C=O) groups is 1. The molecular weight excluding hydrogens is 240 g/mol. The van der Waals surface area contributed by atoms with Crippen LogP contribution in [0.5, 0.6) is 0 Å². The van der Waals surface area contributed by atoms with Gasteiger partial charge in [-0.2, -0.15) is 0 Å². The average Bonchev–Trinajstić information content (AvgIpc) is 2.33. The predicted molar refractivity (Wildman–Crippen MR) is 80.4 cm³/mol. The topological polar surface area (TPSA) is 75.6 Å². The van der Waals surface area contributed by atoms with E-state index in [1.165, 1.54) is 0 Å². The first-order valence-electron chi connectivity index (χ1n) is 6.54. The van der Waals surface area contributed by atoms with E-state index in [4.69, 9.17) is 11.5 Å². The quantitative estimate of drug-likeness (QED) is 0.724. The van der Waals surface area contributed by atoms with Crippen molar-refractivity contribution in [3.05, 3.63) is 23.8 Å². The van der Waals surface area contributed by atoms with Crippen LogP contribution in [0.1, 0.15) is 23.7 Å². The second-order valence-electron chi connectivity index (χ2n) is 4.88. The van der Waals surface area contributed by atoms with Crippen molar-refractivity contribution in [2.45, 2.75) is 13.3 Å². The zero-order valence-corrected chi connectivity index (χ0v) is 12.0. The number of primary amides is 1. The van der Waals surface area contributed by atoms with E-state index < -0.39 is 5.91 Å². The third kappa shape index (κ3) is 4.44. The Bertz CT molecular complexity index is 431. The van der Waals surface area contributed by atoms with Crippen molar-refractivity contribution in [2.24, 2.45) is 5.73 Å². The molecule has 5 heteroatoms. The number of carbonyl (C=O) groups excluding carboxylic acids is 1. The summed E-state index contributed by atoms with van der Waals surface area (Å²) in [5.41, 5.74) is 13.2. The van der Waals surface area contributed by atoms with Crippen LogP contribution < -0.4 is 16.4 Å². The van der Waals surface area contributed by atoms with Crippen molar-refractivity contribution in [3.8, 4) is 0 Å². The number of nitrogen functional groups attached to an aromatic ring is 1. The van der Waals surface area contributed by atoms with Crippen LogP contribution in [0, 0.1) is 0 Å². The number of rotatable bonds is 7. The standard InChI is InChI=1S/C14H24N4O/c1-4-18(9-5-8-17(2)3)13-10-11(15)6-7-12(13)14(16)19/h6-7,10H,4-5,8-9,15H2,1-3H3,(H2,16,19). The van der Waals surface area contributed by atoms with Crippen molar-refractivity contribution < 1.29 is 4.79 Å². The number of hydrogen-bond donors (Lipinski definition) is 2. The monoisotopic (exact) mass is 264 g/mol. The summed E-state index contributed by atoms with van der Waals surface area (Å²) >= 11 is 0. The molecule has 1 amide bonds. The molecule has 0 atom stereocenters. The number of benzene rings is 1. The Hall–Kier alpha value is -1.75. The molecule has 0 heterocycles. The van der Waals surface area contributed by atoms with Gasteiger partial charge in [0.05, 0.1) is 11.3 Å². The minimum atomic E-state index is -0.416. The lowest BCUT2D eigenvalue weighted by Crippen LogP contribution is -2.29. The molecule has 106 valence electrons. The highest BCUT2D eigenvalue weighted by Crippen LogP contribution is 2.23. The molecule has 4 N–H and O–H groups in total. The van der Waals surface area contributed by atoms with Crippen LogP contribution in [0.4, 0.5) is 11.4 Å². The predicted octanol–water partition coefficient (Wildman–Crippen LogP) is 1.15. The van der Waals surface area contributed by atoms with Gasteiger partial charge in [-0.1, -0.05) is 0 Å². The molecule has 0 saturated carbocycles. The fourth-order valence-corrected chi connectivity index (χ4v) is 2.05. The fourth-order valence-electron chi connectivity index (χ4n) is 2.05. The molecule has 5 nitrogen and oxygen atoms in total. The second-order valence-corrected chi connectivity index (χ2v) is 4.88. The van der Waals surface area contributed by atoms with Gasteiger partial charge in [-0.15, -0.1) is 0 Å². The number of nitrogens with zero attached hydrogens (tertiary/aromatic N) is 2. The summed E-state index contributed by atoms with van der Waals surface area (Å²) in [6.45, 7) is 4.75. The first-order chi connectivity index (χ1) is 8.95. The van der Waals surface area contributed by atoms with Gasteiger partial charge in [-0.05, 0) is 52.2 Å². The highest BCUT2D eigenvalue weighted by atomic mass is 16.1. The van der Waals surface area contributed by atoms with Crippen LogP contribution in [0.15, 0.2) is 18.2 Å². The molecule has 0 aromatic heterocycles. The molecule has 0 spiro atoms. The van der Waals surface area contributed by atoms with Gasteiger partial charge in [-0.3, -0.25) is 4.79 Å². The van der Waals surface area contributed by atoms with Gasteiger partial charge < -0.3 is 21.3 Å². The Morgan fingerprint density at radius 2 is 1.95 bits per heavy atom. The zero-order chi connectivity index (χ0) is 14.4. The van der Waals surface area contributed by atoms with Gasteiger partial charge in [0.2, 0.25) is 0 Å². The minimum absolute atomic E-state index is 0.416. The highest BCUT2D eigenvalue weighted by molar-refractivity contribution is 5.99. The van der Waals surface area contributed by atoms with Crippen LogP contribution in [-0.4, -0.2) is 44.5 Å². The molecule has 1 aromatic carbocycles. The number of nitrogens with two attached hydrogens (primary N) is 2. The maximum absolute atomic E-state index is 11.5. The molecule has 0 fully saturated rings. The van der Waals surface area contributed by atoms with Crippen LogP contribution in [0.2, 0.25) is 0 Å². The van der Waals surface area contributed by atoms with Crippen molar-refractivity contribution in [3.63, 3.8) is 0 Å². The van der Waals surface area contributed by atoms with E-state index in [9.17, 15) is 4.79 Å². The van der Waals surface area contributed by atoms with E-state index in [1.807, 2.05) is 20.2 Å². The Morgan fingerprint density at radius 1 is 1.26 bits per heavy atom. The summed E-state index contributed by atoms with van der Waals surface area (Å²) < 4.78 is 0. The largest absolute Gasteiger partial charge is 0.399 e. The average molecular weight is 264 g/mol. The Balaban J connectivity index is 2.90. The van der Waals surface area contributed by atoms with E-state index in [2.05, 4.69) is 16.7 Å². The van der Waals surface area contributed by atoms with Crippen molar-refractivity contribution in [2.75, 3.05) is 44.4 Å². The van der Waals surface area contributed by atoms with Crippen LogP contribution >= 0.6 is 0 Å². The van der Waals surface area contributed by atoms with Gasteiger partial charge in [0, 0.05) is 18.8 Å². The summed E-state index contributed by atoms with van der Waals surface area (Å²) in [5, 5.41) is 0. The molecule has 1 rings (SSSR count). The molecule has 0 aliphatic rings. The van der Waals surface area contributed by atoms with E-state index in [-0.39, 0.29) is 0 Å². The number of hydrogen-bond acceptors (Lipinski definition) is 4. The van der Waals surface area contributed by atoms with E-state index in [0.717, 1.165) is 31.7 Å². The van der Waals surface area contributed by atoms with Crippen molar-refractivity contribution in [1.29, 1.82) is 0 Å². The van der Waals surface area contributed by atoms with Crippen LogP contribution in [-0.2, 0) is 0 Å². The van der Waals surface area contributed by atoms with Gasteiger partial charge in [0.1, 0.15) is 0 Å². The molecule has 0 radical (unpaired) electrons. The number of anilines is 2. The first-order valence-corrected chi connectivity index (χ1v) is 6.54. The lowest BCUT2D eigenvalue weighted by molar-refractivity contribution is 0.100. The molecular formula is C14H24N4O. The van der Waals surface area contributed by atoms with E-state index in [0.29, 0.717) is 11.3 Å². The Labute approximate surface area is 115 Å². The third-order valence-corrected chi connectivity index (χ3v) is 3.04. The Morgan fingerprint density at radius 3 is 2.47 bits per heavy atom. The van der Waals surface area contributed by atoms with E-state index in [1.54, 1.807) is 12.1 Å². The summed E-state index contributed by atoms with van der Waals surface area (Å²) in [6.07, 6.45) is 1.02. The SMILES string of the molecule is CCN(CCCN(C)C)c1cc(N)ccc1C(N)=O. The summed E-state index contributed by atoms with van der Waals surface area (Å²) in [4.78, 5) is 15.8. The minimum Gasteiger partial charge on any atom is -0.399 e. The van der Waals surface area contributed by atoms with Crippen molar-refractivity contribution >= 4 is 17.3 Å². The molecule has 0 bridgehead atoms.